The predicted molar refractivity (Wildman–Crippen MR) is 130 cm³/mol. The van der Waals surface area contributed by atoms with Crippen molar-refractivity contribution >= 4 is 56.5 Å². The minimum Gasteiger partial charge on any atom is -0.311 e. The zero-order valence-corrected chi connectivity index (χ0v) is 18.8. The van der Waals surface area contributed by atoms with Crippen molar-refractivity contribution in [2.45, 2.75) is 17.2 Å². The van der Waals surface area contributed by atoms with E-state index in [9.17, 15) is 9.59 Å². The Morgan fingerprint density at radius 2 is 1.81 bits per heavy atom. The maximum absolute atomic E-state index is 12.8. The number of aromatic nitrogens is 2. The van der Waals surface area contributed by atoms with E-state index in [2.05, 4.69) is 21.6 Å². The van der Waals surface area contributed by atoms with Gasteiger partial charge in [-0.25, -0.2) is 0 Å². The van der Waals surface area contributed by atoms with Gasteiger partial charge in [-0.2, -0.15) is 0 Å². The van der Waals surface area contributed by atoms with Crippen molar-refractivity contribution < 1.29 is 9.59 Å². The Kier molecular flexibility index (Phi) is 5.87. The monoisotopic (exact) mass is 460 g/mol. The van der Waals surface area contributed by atoms with E-state index in [0.29, 0.717) is 15.0 Å². The molecule has 32 heavy (non-hydrogen) atoms. The molecule has 0 saturated heterocycles. The summed E-state index contributed by atoms with van der Waals surface area (Å²) >= 11 is 2.62. The average molecular weight is 461 g/mol. The first-order chi connectivity index (χ1) is 15.7. The molecule has 2 amide bonds. The summed E-state index contributed by atoms with van der Waals surface area (Å²) in [5.41, 5.74) is 2.78. The number of para-hydroxylation sites is 1. The third-order valence-corrected chi connectivity index (χ3v) is 7.33. The Hall–Kier alpha value is -3.23. The van der Waals surface area contributed by atoms with Gasteiger partial charge in [-0.05, 0) is 47.4 Å². The van der Waals surface area contributed by atoms with Gasteiger partial charge in [-0.1, -0.05) is 71.6 Å². The second-order valence-electron chi connectivity index (χ2n) is 7.46. The molecule has 2 heterocycles. The Bertz CT molecular complexity index is 1300. The van der Waals surface area contributed by atoms with E-state index in [1.54, 1.807) is 6.07 Å². The number of rotatable bonds is 5. The maximum Gasteiger partial charge on any atom is 0.257 e. The number of anilines is 2. The number of aryl methyl sites for hydroxylation is 1. The summed E-state index contributed by atoms with van der Waals surface area (Å²) < 4.78 is 0.650. The van der Waals surface area contributed by atoms with E-state index in [-0.39, 0.29) is 17.6 Å². The zero-order chi connectivity index (χ0) is 21.9. The fourth-order valence-corrected chi connectivity index (χ4v) is 5.44. The average Bonchev–Trinajstić information content (AvgIpc) is 3.29. The summed E-state index contributed by atoms with van der Waals surface area (Å²) in [5, 5.41) is 13.5. The zero-order valence-electron chi connectivity index (χ0n) is 17.2. The molecule has 8 heteroatoms. The molecule has 0 bridgehead atoms. The lowest BCUT2D eigenvalue weighted by Gasteiger charge is -2.29. The molecule has 0 saturated carbocycles. The summed E-state index contributed by atoms with van der Waals surface area (Å²) in [4.78, 5) is 27.3. The van der Waals surface area contributed by atoms with Crippen LogP contribution in [-0.4, -0.2) is 34.3 Å². The van der Waals surface area contributed by atoms with Gasteiger partial charge in [0.15, 0.2) is 4.34 Å². The molecule has 3 aromatic carbocycles. The molecule has 0 unspecified atom stereocenters. The topological polar surface area (TPSA) is 75.2 Å². The number of carbonyl (C=O) groups is 2. The van der Waals surface area contributed by atoms with Crippen molar-refractivity contribution in [1.82, 2.24) is 10.2 Å². The van der Waals surface area contributed by atoms with E-state index in [4.69, 9.17) is 0 Å². The van der Waals surface area contributed by atoms with Crippen LogP contribution >= 0.6 is 23.1 Å². The largest absolute Gasteiger partial charge is 0.311 e. The molecule has 0 aliphatic carbocycles. The number of benzene rings is 3. The van der Waals surface area contributed by atoms with Gasteiger partial charge in [0.1, 0.15) is 0 Å². The third kappa shape index (κ3) is 4.37. The molecule has 160 valence electrons. The smallest absolute Gasteiger partial charge is 0.257 e. The molecule has 0 radical (unpaired) electrons. The van der Waals surface area contributed by atoms with Gasteiger partial charge in [-0.15, -0.1) is 10.2 Å². The van der Waals surface area contributed by atoms with Gasteiger partial charge >= 0.3 is 0 Å². The molecule has 0 spiro atoms. The van der Waals surface area contributed by atoms with Crippen LogP contribution in [0.25, 0.3) is 10.8 Å². The molecule has 1 aliphatic rings. The van der Waals surface area contributed by atoms with Gasteiger partial charge in [0, 0.05) is 17.8 Å². The molecule has 0 fully saturated rings. The molecular weight excluding hydrogens is 440 g/mol. The maximum atomic E-state index is 12.8. The molecule has 1 aliphatic heterocycles. The molecule has 1 aromatic heterocycles. The van der Waals surface area contributed by atoms with Crippen LogP contribution < -0.4 is 10.2 Å². The third-order valence-electron chi connectivity index (χ3n) is 5.37. The number of carbonyl (C=O) groups excluding carboxylic acids is 2. The van der Waals surface area contributed by atoms with Crippen molar-refractivity contribution in [2.24, 2.45) is 0 Å². The van der Waals surface area contributed by atoms with E-state index in [0.717, 1.165) is 35.8 Å². The second-order valence-corrected chi connectivity index (χ2v) is 9.66. The van der Waals surface area contributed by atoms with E-state index < -0.39 is 0 Å². The highest BCUT2D eigenvalue weighted by Crippen LogP contribution is 2.30. The first kappa shape index (κ1) is 20.7. The lowest BCUT2D eigenvalue weighted by Crippen LogP contribution is -2.36. The number of hydrogen-bond donors (Lipinski definition) is 1. The molecule has 5 rings (SSSR count). The fraction of sp³-hybridized carbons (Fsp3) is 0.167. The second kappa shape index (κ2) is 9.10. The predicted octanol–water partition coefficient (Wildman–Crippen LogP) is 5.02. The Morgan fingerprint density at radius 3 is 2.72 bits per heavy atom. The highest BCUT2D eigenvalue weighted by molar-refractivity contribution is 8.01. The molecule has 1 N–H and O–H groups in total. The highest BCUT2D eigenvalue weighted by atomic mass is 32.2. The number of amides is 2. The Morgan fingerprint density at radius 1 is 1.00 bits per heavy atom. The molecule has 0 atom stereocenters. The first-order valence-corrected chi connectivity index (χ1v) is 12.1. The van der Waals surface area contributed by atoms with Gasteiger partial charge in [-0.3, -0.25) is 14.9 Å². The van der Waals surface area contributed by atoms with Crippen LogP contribution in [-0.2, 0) is 11.2 Å². The number of nitrogens with zero attached hydrogens (tertiary/aromatic N) is 3. The van der Waals surface area contributed by atoms with Crippen LogP contribution in [0.2, 0.25) is 0 Å². The lowest BCUT2D eigenvalue weighted by atomic mass is 10.0. The quantitative estimate of drug-likeness (QED) is 0.335. The van der Waals surface area contributed by atoms with Gasteiger partial charge in [0.25, 0.3) is 5.91 Å². The highest BCUT2D eigenvalue weighted by Gasteiger charge is 2.22. The van der Waals surface area contributed by atoms with Gasteiger partial charge < -0.3 is 4.90 Å². The number of fused-ring (bicyclic) bond motifs is 2. The van der Waals surface area contributed by atoms with Crippen LogP contribution in [0.4, 0.5) is 10.8 Å². The summed E-state index contributed by atoms with van der Waals surface area (Å²) in [6.45, 7) is 0.736. The number of hydrogen-bond acceptors (Lipinski definition) is 6. The van der Waals surface area contributed by atoms with Crippen LogP contribution in [0, 0.1) is 0 Å². The lowest BCUT2D eigenvalue weighted by molar-refractivity contribution is -0.116. The number of thioether (sulfide) groups is 1. The van der Waals surface area contributed by atoms with Crippen LogP contribution in [0.1, 0.15) is 22.3 Å². The van der Waals surface area contributed by atoms with Crippen molar-refractivity contribution in [1.29, 1.82) is 0 Å². The number of nitrogens with one attached hydrogen (secondary N) is 1. The Labute approximate surface area is 193 Å². The van der Waals surface area contributed by atoms with Gasteiger partial charge in [0.2, 0.25) is 11.0 Å². The fourth-order valence-electron chi connectivity index (χ4n) is 3.81. The Balaban J connectivity index is 1.21. The van der Waals surface area contributed by atoms with Crippen molar-refractivity contribution in [2.75, 3.05) is 22.5 Å². The van der Waals surface area contributed by atoms with Crippen LogP contribution in [0.3, 0.4) is 0 Å². The van der Waals surface area contributed by atoms with Crippen LogP contribution in [0.5, 0.6) is 0 Å². The minimum atomic E-state index is -0.232. The van der Waals surface area contributed by atoms with Crippen molar-refractivity contribution in [3.8, 4) is 0 Å². The summed E-state index contributed by atoms with van der Waals surface area (Å²) in [6, 6.07) is 21.5. The van der Waals surface area contributed by atoms with E-state index in [1.807, 2.05) is 59.5 Å². The normalized spacial score (nSPS) is 13.1. The minimum absolute atomic E-state index is 0.0547. The molecule has 6 nitrogen and oxygen atoms in total. The SMILES string of the molecule is O=C(Nc1nnc(SCC(=O)N2CCCc3ccccc32)s1)c1ccc2ccccc2c1. The molecule has 4 aromatic rings. The van der Waals surface area contributed by atoms with Crippen LogP contribution in [0.15, 0.2) is 71.1 Å². The summed E-state index contributed by atoms with van der Waals surface area (Å²) in [6.07, 6.45) is 1.97. The van der Waals surface area contributed by atoms with Crippen molar-refractivity contribution in [3.05, 3.63) is 77.9 Å². The van der Waals surface area contributed by atoms with E-state index in [1.165, 1.54) is 28.7 Å². The summed E-state index contributed by atoms with van der Waals surface area (Å²) in [5.74, 6) is 0.102. The molecular formula is C24H20N4O2S2. The standard InChI is InChI=1S/C24H20N4O2S2/c29-21(28-13-5-9-17-7-3-4-10-20(17)28)15-31-24-27-26-23(32-24)25-22(30)19-12-11-16-6-1-2-8-18(16)14-19/h1-4,6-8,10-12,14H,5,9,13,15H2,(H,25,26,30). The van der Waals surface area contributed by atoms with Crippen molar-refractivity contribution in [3.63, 3.8) is 0 Å². The first-order valence-electron chi connectivity index (χ1n) is 10.3. The van der Waals surface area contributed by atoms with Gasteiger partial charge in [0.05, 0.1) is 5.75 Å². The van der Waals surface area contributed by atoms with E-state index >= 15 is 0 Å². The summed E-state index contributed by atoms with van der Waals surface area (Å²) in [7, 11) is 0.